The lowest BCUT2D eigenvalue weighted by Gasteiger charge is -2.21. The van der Waals surface area contributed by atoms with E-state index >= 15 is 0 Å². The number of aliphatic hydroxyl groups excluding tert-OH is 2. The predicted molar refractivity (Wildman–Crippen MR) is 289 cm³/mol. The Labute approximate surface area is 431 Å². The number of aliphatic hydroxyl groups is 2. The summed E-state index contributed by atoms with van der Waals surface area (Å²) in [6, 6.07) is -0.936. The van der Waals surface area contributed by atoms with E-state index in [-0.39, 0.29) is 48.3 Å². The van der Waals surface area contributed by atoms with Crippen molar-refractivity contribution >= 4 is 41.3 Å². The minimum Gasteiger partial charge on any atom is -0.462 e. The van der Waals surface area contributed by atoms with Gasteiger partial charge in [-0.3, -0.25) is 19.2 Å². The van der Waals surface area contributed by atoms with Crippen molar-refractivity contribution in [3.05, 3.63) is 6.20 Å². The molecule has 14 heteroatoms. The van der Waals surface area contributed by atoms with E-state index < -0.39 is 30.8 Å². The maximum absolute atomic E-state index is 13.7. The lowest BCUT2D eigenvalue weighted by atomic mass is 10.0. The molecule has 0 fully saturated rings. The van der Waals surface area contributed by atoms with Gasteiger partial charge in [0.25, 0.3) is 0 Å². The molecule has 0 unspecified atom stereocenters. The van der Waals surface area contributed by atoms with Crippen molar-refractivity contribution in [3.63, 3.8) is 0 Å². The van der Waals surface area contributed by atoms with Crippen molar-refractivity contribution < 1.29 is 38.9 Å². The summed E-state index contributed by atoms with van der Waals surface area (Å²) in [5.74, 6) is -0.754. The van der Waals surface area contributed by atoms with Crippen LogP contribution in [0.5, 0.6) is 0 Å². The summed E-state index contributed by atoms with van der Waals surface area (Å²) in [7, 11) is 0. The van der Waals surface area contributed by atoms with Gasteiger partial charge in [-0.05, 0) is 19.3 Å². The number of ether oxygens (including phenoxy) is 2. The van der Waals surface area contributed by atoms with E-state index in [2.05, 4.69) is 41.7 Å². The van der Waals surface area contributed by atoms with E-state index in [1.165, 1.54) is 190 Å². The average molecular weight is 1010 g/mol. The topological polar surface area (TPSA) is 182 Å². The largest absolute Gasteiger partial charge is 0.462 e. The number of unbranched alkanes of at least 4 members (excludes halogenated alkanes) is 33. The summed E-state index contributed by atoms with van der Waals surface area (Å²) in [5, 5.41) is 32.6. The van der Waals surface area contributed by atoms with Crippen LogP contribution in [0.4, 0.5) is 5.82 Å². The highest BCUT2D eigenvalue weighted by Gasteiger charge is 2.24. The van der Waals surface area contributed by atoms with Gasteiger partial charge in [0.05, 0.1) is 25.5 Å². The SMILES string of the molecule is CCCCCCCCCCCCCCC(=O)N[C@H](CSC[C@@H](COC(=O)CCCCCCCCCCCCCC)OC(=O)CCCCCCCCCCCCCC)C(=O)Nc1cn(C[C@@H](O)CO)nn1. The highest BCUT2D eigenvalue weighted by Crippen LogP contribution is 2.18. The van der Waals surface area contributed by atoms with Gasteiger partial charge in [0.2, 0.25) is 11.8 Å². The molecule has 0 bridgehead atoms. The van der Waals surface area contributed by atoms with Crippen molar-refractivity contribution in [2.24, 2.45) is 0 Å². The molecule has 0 aliphatic heterocycles. The number of anilines is 1. The van der Waals surface area contributed by atoms with Crippen LogP contribution in [0.1, 0.15) is 271 Å². The zero-order valence-corrected chi connectivity index (χ0v) is 45.8. The first kappa shape index (κ1) is 65.3. The van der Waals surface area contributed by atoms with Crippen molar-refractivity contribution in [2.75, 3.05) is 30.0 Å². The molecule has 1 rings (SSSR count). The maximum atomic E-state index is 13.7. The van der Waals surface area contributed by atoms with Crippen LogP contribution in [0.3, 0.4) is 0 Å². The molecule has 408 valence electrons. The number of nitrogens with one attached hydrogen (secondary N) is 2. The van der Waals surface area contributed by atoms with Crippen LogP contribution in [0, 0.1) is 0 Å². The lowest BCUT2D eigenvalue weighted by molar-refractivity contribution is -0.157. The molecule has 13 nitrogen and oxygen atoms in total. The third-order valence-corrected chi connectivity index (χ3v) is 14.3. The molecule has 1 aromatic rings. The average Bonchev–Trinajstić information content (AvgIpc) is 3.79. The highest BCUT2D eigenvalue weighted by atomic mass is 32.2. The molecule has 0 saturated carbocycles. The van der Waals surface area contributed by atoms with Crippen LogP contribution in [0.15, 0.2) is 6.20 Å². The molecule has 0 aliphatic rings. The fourth-order valence-electron chi connectivity index (χ4n) is 8.66. The van der Waals surface area contributed by atoms with Gasteiger partial charge in [-0.15, -0.1) is 5.10 Å². The van der Waals surface area contributed by atoms with Gasteiger partial charge >= 0.3 is 11.9 Å². The summed E-state index contributed by atoms with van der Waals surface area (Å²) in [6.45, 7) is 6.22. The number of esters is 2. The normalized spacial score (nSPS) is 12.7. The van der Waals surface area contributed by atoms with Gasteiger partial charge < -0.3 is 30.3 Å². The van der Waals surface area contributed by atoms with Gasteiger partial charge in [-0.2, -0.15) is 11.8 Å². The van der Waals surface area contributed by atoms with E-state index in [1.807, 2.05) is 0 Å². The van der Waals surface area contributed by atoms with Gasteiger partial charge in [-0.25, -0.2) is 4.68 Å². The standard InChI is InChI=1S/C56H105N5O8S/c1-4-7-10-13-16-19-22-25-28-31-34-37-40-53(64)57-51(56(67)58-52-44-61(60-59-52)43-49(63)45-62)48-70-47-50(69-55(66)42-39-36-33-30-27-24-21-18-15-12-9-6-3)46-68-54(65)41-38-35-32-29-26-23-20-17-14-11-8-5-2/h44,49-51,62-63H,4-43,45-48H2,1-3H3,(H,57,64)(H,58,67)/t49-,50-,51-/m1/s1. The van der Waals surface area contributed by atoms with E-state index in [1.54, 1.807) is 0 Å². The first-order valence-electron chi connectivity index (χ1n) is 28.9. The van der Waals surface area contributed by atoms with Crippen LogP contribution in [0.25, 0.3) is 0 Å². The Morgan fingerprint density at radius 2 is 0.971 bits per heavy atom. The molecule has 1 aromatic heterocycles. The van der Waals surface area contributed by atoms with Gasteiger partial charge in [0, 0.05) is 30.8 Å². The van der Waals surface area contributed by atoms with Gasteiger partial charge in [0.15, 0.2) is 5.82 Å². The second kappa shape index (κ2) is 48.6. The number of thioether (sulfide) groups is 1. The number of hydrogen-bond donors (Lipinski definition) is 4. The Hall–Kier alpha value is -2.71. The van der Waals surface area contributed by atoms with Crippen LogP contribution >= 0.6 is 11.8 Å². The van der Waals surface area contributed by atoms with E-state index in [4.69, 9.17) is 9.47 Å². The van der Waals surface area contributed by atoms with E-state index in [9.17, 15) is 29.4 Å². The van der Waals surface area contributed by atoms with E-state index in [0.717, 1.165) is 64.2 Å². The molecule has 0 aromatic carbocycles. The summed E-state index contributed by atoms with van der Waals surface area (Å²) in [6.07, 6.45) is 43.8. The molecule has 3 atom stereocenters. The third kappa shape index (κ3) is 40.8. The van der Waals surface area contributed by atoms with Crippen LogP contribution in [-0.4, -0.2) is 91.9 Å². The fraction of sp³-hybridized carbons (Fsp3) is 0.893. The lowest BCUT2D eigenvalue weighted by Crippen LogP contribution is -2.45. The number of carbonyl (C=O) groups is 4. The number of rotatable bonds is 52. The highest BCUT2D eigenvalue weighted by molar-refractivity contribution is 7.99. The Balaban J connectivity index is 2.76. The summed E-state index contributed by atoms with van der Waals surface area (Å²) < 4.78 is 12.9. The smallest absolute Gasteiger partial charge is 0.306 e. The summed E-state index contributed by atoms with van der Waals surface area (Å²) >= 11 is 1.34. The Bertz CT molecular complexity index is 1390. The molecule has 0 aliphatic carbocycles. The Kier molecular flexibility index (Phi) is 45.3. The van der Waals surface area contributed by atoms with Gasteiger partial charge in [-0.1, -0.05) is 238 Å². The summed E-state index contributed by atoms with van der Waals surface area (Å²) in [4.78, 5) is 52.9. The minimum atomic E-state index is -1.03. The molecular formula is C56H105N5O8S. The van der Waals surface area contributed by atoms with Crippen molar-refractivity contribution in [1.29, 1.82) is 0 Å². The summed E-state index contributed by atoms with van der Waals surface area (Å²) in [5.41, 5.74) is 0. The molecule has 4 N–H and O–H groups in total. The quantitative estimate of drug-likeness (QED) is 0.0360. The Morgan fingerprint density at radius 3 is 1.40 bits per heavy atom. The number of carbonyl (C=O) groups excluding carboxylic acids is 4. The monoisotopic (exact) mass is 1010 g/mol. The number of aromatic nitrogens is 3. The molecule has 2 amide bonds. The molecule has 0 spiro atoms. The number of hydrogen-bond acceptors (Lipinski definition) is 11. The van der Waals surface area contributed by atoms with Crippen molar-refractivity contribution in [1.82, 2.24) is 20.3 Å². The molecule has 0 saturated heterocycles. The number of amides is 2. The van der Waals surface area contributed by atoms with E-state index in [0.29, 0.717) is 19.3 Å². The first-order chi connectivity index (χ1) is 34.2. The second-order valence-corrected chi connectivity index (χ2v) is 21.1. The number of nitrogens with zero attached hydrogens (tertiary/aromatic N) is 3. The molecular weight excluding hydrogens is 903 g/mol. The van der Waals surface area contributed by atoms with Crippen LogP contribution < -0.4 is 10.6 Å². The Morgan fingerprint density at radius 1 is 0.571 bits per heavy atom. The second-order valence-electron chi connectivity index (χ2n) is 20.0. The van der Waals surface area contributed by atoms with Crippen molar-refractivity contribution in [3.8, 4) is 0 Å². The minimum absolute atomic E-state index is 0.00220. The first-order valence-corrected chi connectivity index (χ1v) is 30.1. The third-order valence-electron chi connectivity index (χ3n) is 13.1. The zero-order valence-electron chi connectivity index (χ0n) is 45.0. The van der Waals surface area contributed by atoms with Gasteiger partial charge in [0.1, 0.15) is 18.8 Å². The maximum Gasteiger partial charge on any atom is 0.306 e. The zero-order chi connectivity index (χ0) is 51.0. The van der Waals surface area contributed by atoms with Crippen LogP contribution in [-0.2, 0) is 35.2 Å². The predicted octanol–water partition coefficient (Wildman–Crippen LogP) is 13.5. The molecule has 70 heavy (non-hydrogen) atoms. The molecule has 0 radical (unpaired) electrons. The van der Waals surface area contributed by atoms with Crippen molar-refractivity contribution in [2.45, 2.75) is 296 Å². The molecule has 1 heterocycles. The fourth-order valence-corrected chi connectivity index (χ4v) is 9.70. The van der Waals surface area contributed by atoms with Crippen LogP contribution in [0.2, 0.25) is 0 Å².